The summed E-state index contributed by atoms with van der Waals surface area (Å²) in [7, 11) is -2.32. The van der Waals surface area contributed by atoms with Crippen LogP contribution in [0.2, 0.25) is 0 Å². The van der Waals surface area contributed by atoms with Crippen LogP contribution in [0.1, 0.15) is 52.4 Å². The molecule has 0 aliphatic carbocycles. The standard InChI is InChI=1S/C18H26O3P/c1-7-11-15-17(5,13-9-3)20-22(19)21-18(6,14-10-4)16-12-8-2/h3-4,7-8H,1-2,11-16H2,5-6H3/q+1. The lowest BCUT2D eigenvalue weighted by Crippen LogP contribution is -2.29. The Labute approximate surface area is 136 Å². The van der Waals surface area contributed by atoms with Gasteiger partial charge in [-0.3, -0.25) is 0 Å². The summed E-state index contributed by atoms with van der Waals surface area (Å²) in [6, 6.07) is 0. The summed E-state index contributed by atoms with van der Waals surface area (Å²) in [6.07, 6.45) is 17.7. The number of terminal acetylenes is 2. The number of rotatable bonds is 12. The lowest BCUT2D eigenvalue weighted by Gasteiger charge is -2.23. The highest BCUT2D eigenvalue weighted by atomic mass is 31.1. The molecule has 0 heterocycles. The van der Waals surface area contributed by atoms with E-state index in [1.165, 1.54) is 0 Å². The van der Waals surface area contributed by atoms with Gasteiger partial charge < -0.3 is 0 Å². The van der Waals surface area contributed by atoms with Crippen LogP contribution >= 0.6 is 8.25 Å². The Balaban J connectivity index is 4.84. The van der Waals surface area contributed by atoms with E-state index >= 15 is 0 Å². The first-order chi connectivity index (χ1) is 10.3. The van der Waals surface area contributed by atoms with E-state index in [1.54, 1.807) is 12.2 Å². The fraction of sp³-hybridized carbons (Fsp3) is 0.556. The lowest BCUT2D eigenvalue weighted by atomic mass is 9.97. The number of allylic oxidation sites excluding steroid dienone is 2. The minimum atomic E-state index is -2.32. The third-order valence-electron chi connectivity index (χ3n) is 3.30. The van der Waals surface area contributed by atoms with Gasteiger partial charge >= 0.3 is 8.25 Å². The molecule has 0 aromatic heterocycles. The van der Waals surface area contributed by atoms with E-state index in [1.807, 2.05) is 13.8 Å². The van der Waals surface area contributed by atoms with Crippen LogP contribution in [0.25, 0.3) is 0 Å². The fourth-order valence-corrected chi connectivity index (χ4v) is 3.03. The molecule has 0 fully saturated rings. The van der Waals surface area contributed by atoms with Gasteiger partial charge in [0, 0.05) is 17.4 Å². The first-order valence-corrected chi connectivity index (χ1v) is 8.38. The molecule has 0 saturated heterocycles. The smallest absolute Gasteiger partial charge is 0.120 e. The van der Waals surface area contributed by atoms with Gasteiger partial charge in [0.2, 0.25) is 0 Å². The quantitative estimate of drug-likeness (QED) is 0.282. The van der Waals surface area contributed by atoms with E-state index in [4.69, 9.17) is 21.9 Å². The van der Waals surface area contributed by atoms with Crippen molar-refractivity contribution in [3.8, 4) is 24.7 Å². The molecule has 3 nitrogen and oxygen atoms in total. The van der Waals surface area contributed by atoms with Crippen LogP contribution in [0.15, 0.2) is 25.3 Å². The van der Waals surface area contributed by atoms with Gasteiger partial charge in [-0.2, -0.15) is 0 Å². The van der Waals surface area contributed by atoms with Gasteiger partial charge in [-0.05, 0) is 39.5 Å². The average molecular weight is 321 g/mol. The summed E-state index contributed by atoms with van der Waals surface area (Å²) in [5.41, 5.74) is -1.40. The topological polar surface area (TPSA) is 35.5 Å². The molecule has 0 bridgehead atoms. The molecule has 0 rings (SSSR count). The zero-order valence-corrected chi connectivity index (χ0v) is 14.5. The van der Waals surface area contributed by atoms with E-state index in [2.05, 4.69) is 25.0 Å². The second kappa shape index (κ2) is 10.4. The summed E-state index contributed by atoms with van der Waals surface area (Å²) in [6.45, 7) is 11.0. The van der Waals surface area contributed by atoms with Gasteiger partial charge in [0.15, 0.2) is 0 Å². The molecule has 0 aliphatic rings. The normalized spacial score (nSPS) is 16.5. The Morgan fingerprint density at radius 1 is 1.00 bits per heavy atom. The Bertz CT molecular complexity index is 430. The fourth-order valence-electron chi connectivity index (χ4n) is 1.96. The van der Waals surface area contributed by atoms with Crippen LogP contribution in [-0.2, 0) is 13.6 Å². The van der Waals surface area contributed by atoms with Crippen LogP contribution in [0.3, 0.4) is 0 Å². The SMILES string of the molecule is C#CCC(C)(CCC=C)O[P+](=O)OC(C)(CC#C)CCC=C. The van der Waals surface area contributed by atoms with Crippen molar-refractivity contribution in [2.45, 2.75) is 63.6 Å². The highest BCUT2D eigenvalue weighted by Gasteiger charge is 2.42. The molecule has 0 saturated carbocycles. The van der Waals surface area contributed by atoms with Gasteiger partial charge in [-0.1, -0.05) is 12.2 Å². The maximum Gasteiger partial charge on any atom is 0.698 e. The van der Waals surface area contributed by atoms with E-state index in [0.717, 1.165) is 12.8 Å². The van der Waals surface area contributed by atoms with Crippen molar-refractivity contribution >= 4 is 8.25 Å². The minimum Gasteiger partial charge on any atom is -0.120 e. The van der Waals surface area contributed by atoms with Crippen molar-refractivity contribution in [1.82, 2.24) is 0 Å². The Kier molecular flexibility index (Phi) is 9.71. The molecule has 0 aromatic carbocycles. The lowest BCUT2D eigenvalue weighted by molar-refractivity contribution is 0.0253. The van der Waals surface area contributed by atoms with Crippen LogP contribution < -0.4 is 0 Å². The highest BCUT2D eigenvalue weighted by molar-refractivity contribution is 7.33. The van der Waals surface area contributed by atoms with Crippen molar-refractivity contribution < 1.29 is 13.6 Å². The second-order valence-electron chi connectivity index (χ2n) is 5.72. The van der Waals surface area contributed by atoms with Crippen molar-refractivity contribution in [2.24, 2.45) is 0 Å². The zero-order chi connectivity index (χ0) is 17.1. The Morgan fingerprint density at radius 2 is 1.36 bits per heavy atom. The largest absolute Gasteiger partial charge is 0.698 e. The molecule has 0 radical (unpaired) electrons. The summed E-state index contributed by atoms with van der Waals surface area (Å²) < 4.78 is 23.5. The van der Waals surface area contributed by atoms with Gasteiger partial charge in [-0.25, -0.2) is 0 Å². The molecule has 4 heteroatoms. The van der Waals surface area contributed by atoms with Crippen molar-refractivity contribution in [2.75, 3.05) is 0 Å². The molecule has 0 amide bonds. The monoisotopic (exact) mass is 321 g/mol. The van der Waals surface area contributed by atoms with Crippen LogP contribution in [0.5, 0.6) is 0 Å². The first kappa shape index (κ1) is 20.6. The van der Waals surface area contributed by atoms with Gasteiger partial charge in [0.25, 0.3) is 0 Å². The summed E-state index contributed by atoms with van der Waals surface area (Å²) in [5, 5.41) is 0. The molecular weight excluding hydrogens is 295 g/mol. The predicted octanol–water partition coefficient (Wildman–Crippen LogP) is 5.17. The summed E-state index contributed by atoms with van der Waals surface area (Å²) in [4.78, 5) is 0. The van der Waals surface area contributed by atoms with Gasteiger partial charge in [0.05, 0.1) is 0 Å². The predicted molar refractivity (Wildman–Crippen MR) is 92.3 cm³/mol. The number of hydrogen-bond acceptors (Lipinski definition) is 3. The molecule has 0 aliphatic heterocycles. The van der Waals surface area contributed by atoms with E-state index in [9.17, 15) is 4.57 Å². The molecule has 22 heavy (non-hydrogen) atoms. The van der Waals surface area contributed by atoms with Crippen molar-refractivity contribution in [3.63, 3.8) is 0 Å². The third-order valence-corrected chi connectivity index (χ3v) is 4.48. The number of hydrogen-bond donors (Lipinski definition) is 0. The van der Waals surface area contributed by atoms with Crippen LogP contribution in [0.4, 0.5) is 0 Å². The minimum absolute atomic E-state index is 0.351. The molecule has 0 aromatic rings. The van der Waals surface area contributed by atoms with Gasteiger partial charge in [0.1, 0.15) is 11.2 Å². The second-order valence-corrected chi connectivity index (χ2v) is 6.53. The molecule has 0 spiro atoms. The van der Waals surface area contributed by atoms with Crippen molar-refractivity contribution in [1.29, 1.82) is 0 Å². The van der Waals surface area contributed by atoms with Crippen LogP contribution in [0, 0.1) is 24.7 Å². The third kappa shape index (κ3) is 8.16. The maximum atomic E-state index is 12.3. The highest BCUT2D eigenvalue weighted by Crippen LogP contribution is 2.41. The zero-order valence-electron chi connectivity index (χ0n) is 13.6. The summed E-state index contributed by atoms with van der Waals surface area (Å²) >= 11 is 0. The first-order valence-electron chi connectivity index (χ1n) is 7.29. The molecule has 2 atom stereocenters. The molecule has 2 unspecified atom stereocenters. The van der Waals surface area contributed by atoms with Crippen LogP contribution in [-0.4, -0.2) is 11.2 Å². The van der Waals surface area contributed by atoms with Gasteiger partial charge in [-0.15, -0.1) is 46.9 Å². The van der Waals surface area contributed by atoms with E-state index in [-0.39, 0.29) is 0 Å². The van der Waals surface area contributed by atoms with E-state index < -0.39 is 19.5 Å². The maximum absolute atomic E-state index is 12.3. The molecule has 0 N–H and O–H groups in total. The molecular formula is C18H26O3P+. The van der Waals surface area contributed by atoms with E-state index in [0.29, 0.717) is 25.7 Å². The average Bonchev–Trinajstić information content (AvgIpc) is 2.43. The molecule has 120 valence electrons. The Hall–Kier alpha value is -1.38. The Morgan fingerprint density at radius 3 is 1.64 bits per heavy atom. The summed E-state index contributed by atoms with van der Waals surface area (Å²) in [5.74, 6) is 5.11. The van der Waals surface area contributed by atoms with Crippen molar-refractivity contribution in [3.05, 3.63) is 25.3 Å².